The minimum absolute atomic E-state index is 0.0503. The first-order valence-electron chi connectivity index (χ1n) is 30.3. The van der Waals surface area contributed by atoms with Crippen molar-refractivity contribution in [2.75, 3.05) is 26.4 Å². The molecule has 0 aromatic rings. The van der Waals surface area contributed by atoms with Crippen molar-refractivity contribution < 1.29 is 119 Å². The molecule has 0 aromatic heterocycles. The first-order valence-corrected chi connectivity index (χ1v) is 30.3. The first-order chi connectivity index (χ1) is 38.5. The molecule has 0 unspecified atom stereocenters. The maximum absolute atomic E-state index is 13.5. The van der Waals surface area contributed by atoms with E-state index in [0.29, 0.717) is 44.9 Å². The molecule has 10 aliphatic rings. The van der Waals surface area contributed by atoms with Gasteiger partial charge in [0.15, 0.2) is 31.5 Å². The molecule has 1 spiro atoms. The van der Waals surface area contributed by atoms with E-state index in [4.69, 9.17) is 47.4 Å². The van der Waals surface area contributed by atoms with Gasteiger partial charge in [0.05, 0.1) is 49.7 Å². The predicted molar refractivity (Wildman–Crippen MR) is 281 cm³/mol. The predicted octanol–water partition coefficient (Wildman–Crippen LogP) is -0.652. The van der Waals surface area contributed by atoms with E-state index in [9.17, 15) is 71.2 Å². The van der Waals surface area contributed by atoms with Gasteiger partial charge in [0.25, 0.3) is 0 Å². The fourth-order valence-electron chi connectivity index (χ4n) is 18.6. The lowest BCUT2D eigenvalue weighted by Crippen LogP contribution is -2.75. The van der Waals surface area contributed by atoms with Crippen molar-refractivity contribution in [3.63, 3.8) is 0 Å². The van der Waals surface area contributed by atoms with Crippen molar-refractivity contribution in [2.45, 2.75) is 280 Å². The Bertz CT molecular complexity index is 2230. The number of fused-ring (bicyclic) bond motifs is 4. The normalized spacial score (nSPS) is 54.2. The van der Waals surface area contributed by atoms with E-state index in [1.165, 1.54) is 0 Å². The van der Waals surface area contributed by atoms with Crippen molar-refractivity contribution in [3.8, 4) is 0 Å². The summed E-state index contributed by atoms with van der Waals surface area (Å²) in [6, 6.07) is 0. The summed E-state index contributed by atoms with van der Waals surface area (Å²) < 4.78 is 62.4. The highest BCUT2D eigenvalue weighted by Crippen LogP contribution is 2.81. The smallest absolute Gasteiger partial charge is 0.306 e. The summed E-state index contributed by atoms with van der Waals surface area (Å²) in [5, 5.41) is 144. The molecule has 5 saturated carbocycles. The Balaban J connectivity index is 0.899. The number of carbonyl (C=O) groups is 1. The van der Waals surface area contributed by atoms with Crippen LogP contribution in [0.3, 0.4) is 0 Å². The molecular formula is C58H96O24. The van der Waals surface area contributed by atoms with Crippen LogP contribution in [0.4, 0.5) is 0 Å². The molecule has 10 rings (SSSR count). The molecular weight excluding hydrogens is 1080 g/mol. The fourth-order valence-corrected chi connectivity index (χ4v) is 18.6. The highest BCUT2D eigenvalue weighted by molar-refractivity contribution is 5.69. The zero-order chi connectivity index (χ0) is 59.6. The minimum atomic E-state index is -1.91. The number of unbranched alkanes of at least 4 members (excludes halogenated alkanes) is 2. The van der Waals surface area contributed by atoms with Crippen LogP contribution in [0, 0.1) is 50.2 Å². The molecule has 30 atom stereocenters. The summed E-state index contributed by atoms with van der Waals surface area (Å²) >= 11 is 0. The van der Waals surface area contributed by atoms with Crippen molar-refractivity contribution in [1.29, 1.82) is 0 Å². The number of rotatable bonds is 15. The molecule has 0 radical (unpaired) electrons. The Kier molecular flexibility index (Phi) is 18.0. The van der Waals surface area contributed by atoms with Gasteiger partial charge in [0.2, 0.25) is 0 Å². The lowest BCUT2D eigenvalue weighted by Gasteiger charge is -2.75. The monoisotopic (exact) mass is 1180 g/mol. The van der Waals surface area contributed by atoms with E-state index in [-0.39, 0.29) is 46.4 Å². The van der Waals surface area contributed by atoms with E-state index >= 15 is 0 Å². The third-order valence-corrected chi connectivity index (χ3v) is 23.1. The zero-order valence-corrected chi connectivity index (χ0v) is 48.8. The van der Waals surface area contributed by atoms with Gasteiger partial charge >= 0.3 is 5.97 Å². The van der Waals surface area contributed by atoms with Crippen LogP contribution in [0.5, 0.6) is 0 Å². The second-order valence-corrected chi connectivity index (χ2v) is 28.3. The fraction of sp³-hybridized carbons (Fsp3) is 0.983. The maximum Gasteiger partial charge on any atom is 0.306 e. The van der Waals surface area contributed by atoms with Gasteiger partial charge in [-0.2, -0.15) is 0 Å². The third kappa shape index (κ3) is 9.99. The van der Waals surface area contributed by atoms with E-state index < -0.39 is 183 Å². The molecule has 24 heteroatoms. The first kappa shape index (κ1) is 63.6. The number of carbonyl (C=O) groups excluding carboxylic acids is 1. The van der Waals surface area contributed by atoms with E-state index in [0.717, 1.165) is 32.1 Å². The topological polar surface area (TPSA) is 372 Å². The second-order valence-electron chi connectivity index (χ2n) is 28.3. The quantitative estimate of drug-likeness (QED) is 0.0550. The molecule has 5 saturated heterocycles. The Hall–Kier alpha value is -1.41. The van der Waals surface area contributed by atoms with Crippen molar-refractivity contribution in [1.82, 2.24) is 0 Å². The molecule has 13 N–H and O–H groups in total. The second kappa shape index (κ2) is 23.2. The van der Waals surface area contributed by atoms with Crippen LogP contribution in [0.15, 0.2) is 0 Å². The highest BCUT2D eigenvalue weighted by Gasteiger charge is 2.84. The van der Waals surface area contributed by atoms with E-state index in [1.54, 1.807) is 0 Å². The summed E-state index contributed by atoms with van der Waals surface area (Å²) in [5.41, 5.74) is -4.12. The third-order valence-electron chi connectivity index (χ3n) is 23.1. The van der Waals surface area contributed by atoms with Crippen molar-refractivity contribution in [3.05, 3.63) is 0 Å². The molecule has 0 aromatic carbocycles. The molecule has 5 aliphatic heterocycles. The Morgan fingerprint density at radius 2 is 1.18 bits per heavy atom. The molecule has 5 heterocycles. The van der Waals surface area contributed by atoms with Gasteiger partial charge in [-0.1, -0.05) is 68.2 Å². The van der Waals surface area contributed by atoms with Gasteiger partial charge in [-0.3, -0.25) is 4.79 Å². The molecule has 10 fully saturated rings. The Morgan fingerprint density at radius 3 is 1.87 bits per heavy atom. The largest absolute Gasteiger partial charge is 0.461 e. The van der Waals surface area contributed by atoms with Gasteiger partial charge in [-0.05, 0) is 97.7 Å². The van der Waals surface area contributed by atoms with Gasteiger partial charge in [0.1, 0.15) is 91.6 Å². The number of ether oxygens (including phenoxy) is 10. The van der Waals surface area contributed by atoms with Gasteiger partial charge in [0, 0.05) is 17.8 Å². The zero-order valence-electron chi connectivity index (χ0n) is 48.8. The molecule has 2 bridgehead atoms. The van der Waals surface area contributed by atoms with Crippen LogP contribution < -0.4 is 0 Å². The van der Waals surface area contributed by atoms with Crippen LogP contribution in [-0.4, -0.2) is 240 Å². The highest BCUT2D eigenvalue weighted by atomic mass is 16.8. The van der Waals surface area contributed by atoms with E-state index in [1.807, 2.05) is 0 Å². The van der Waals surface area contributed by atoms with E-state index in [2.05, 4.69) is 55.4 Å². The average Bonchev–Trinajstić information content (AvgIpc) is 1.38. The number of hydrogen-bond acceptors (Lipinski definition) is 24. The van der Waals surface area contributed by atoms with Crippen molar-refractivity contribution >= 4 is 5.97 Å². The van der Waals surface area contributed by atoms with Crippen molar-refractivity contribution in [2.24, 2.45) is 50.2 Å². The molecule has 24 nitrogen and oxygen atoms in total. The van der Waals surface area contributed by atoms with Crippen LogP contribution in [-0.2, 0) is 52.2 Å². The number of aliphatic hydroxyl groups excluding tert-OH is 13. The van der Waals surface area contributed by atoms with Gasteiger partial charge in [-0.25, -0.2) is 0 Å². The summed E-state index contributed by atoms with van der Waals surface area (Å²) in [7, 11) is 0. The Labute approximate surface area is 479 Å². The molecule has 472 valence electrons. The Morgan fingerprint density at radius 1 is 0.561 bits per heavy atom. The number of hydrogen-bond donors (Lipinski definition) is 13. The standard InChI is InChI=1S/C58H96O24/c1-9-10-11-12-36(63)78-35-21-52(2,3)19-32-57-18-14-31-54(6)16-15-34(53(4,5)30(54)13-17-55(31,7)56(57,8)20-33(62)58(32,35)51(72)82-57)79-49-45(81-48-44(71)41(68)38(65)27(22-59)75-48)40(67)29(25-74-49)77-50-46(42(69)39(66)28(23-60)76-50)80-47-43(70)37(64)26(61)24-73-47/h26-35,37-51,59-62,64-72H,9-25H2,1-8H3/t26-,27+,28-,29-,30+,31+,32+,33-,34+,35-,37+,38-,39-,40+,41+,42-,43-,44+,45+,46+,47-,48+,49-,50-,51-,54-,55+,56-,57+,58-/m1/s1. The summed E-state index contributed by atoms with van der Waals surface area (Å²) in [4.78, 5) is 13.5. The van der Waals surface area contributed by atoms with Gasteiger partial charge < -0.3 is 114 Å². The maximum atomic E-state index is 13.5. The molecule has 0 amide bonds. The summed E-state index contributed by atoms with van der Waals surface area (Å²) in [6.45, 7) is 15.3. The van der Waals surface area contributed by atoms with Crippen LogP contribution in [0.1, 0.15) is 139 Å². The number of aliphatic hydroxyl groups is 13. The number of esters is 1. The lowest BCUT2D eigenvalue weighted by atomic mass is 9.30. The lowest BCUT2D eigenvalue weighted by molar-refractivity contribution is -0.392. The minimum Gasteiger partial charge on any atom is -0.461 e. The SMILES string of the molecule is CCCCCC(=O)O[C@@H]1CC(C)(C)C[C@@H]2[C@@]13[C@H](O)C[C@]1(C)[C@@]4(C)CC[C@H]5C(C)(C)[C@@H](O[C@H]6OC[C@@H](O[C@H]7O[C@H](CO)[C@@H](O)[C@@H](O)[C@@H]7O[C@H]7OC[C@@H](O)[C@H](O)[C@H]7O)[C@H](O)[C@@H]6O[C@@H]6O[C@@H](CO)[C@@H](O)[C@H](O)[C@@H]6O)CC[C@@]5(C)[C@@H]4CC[C@]21O[C@H]3O. The molecule has 5 aliphatic carbocycles. The molecule has 82 heavy (non-hydrogen) atoms. The average molecular weight is 1180 g/mol. The summed E-state index contributed by atoms with van der Waals surface area (Å²) in [5.74, 6) is -0.405. The van der Waals surface area contributed by atoms with Crippen LogP contribution >= 0.6 is 0 Å². The van der Waals surface area contributed by atoms with Crippen LogP contribution in [0.2, 0.25) is 0 Å². The van der Waals surface area contributed by atoms with Gasteiger partial charge in [-0.15, -0.1) is 0 Å². The van der Waals surface area contributed by atoms with Crippen LogP contribution in [0.25, 0.3) is 0 Å². The summed E-state index contributed by atoms with van der Waals surface area (Å²) in [6.07, 6.45) is -25.3.